The van der Waals surface area contributed by atoms with E-state index in [1.807, 2.05) is 13.0 Å². The van der Waals surface area contributed by atoms with Crippen molar-refractivity contribution in [3.05, 3.63) is 40.4 Å². The molecule has 1 N–H and O–H groups in total. The Morgan fingerprint density at radius 1 is 1.35 bits per heavy atom. The number of aryl methyl sites for hydroxylation is 1. The molecule has 0 aliphatic rings. The minimum absolute atomic E-state index is 0.259. The Morgan fingerprint density at radius 2 is 2.06 bits per heavy atom. The molecule has 1 amide bonds. The monoisotopic (exact) mass is 244 g/mol. The third-order valence-electron chi connectivity index (χ3n) is 2.02. The van der Waals surface area contributed by atoms with Gasteiger partial charge in [-0.2, -0.15) is 5.26 Å². The molecule has 0 spiro atoms. The highest BCUT2D eigenvalue weighted by atomic mass is 32.1. The number of anilines is 1. The van der Waals surface area contributed by atoms with Crippen LogP contribution in [0.3, 0.4) is 0 Å². The van der Waals surface area contributed by atoms with E-state index >= 15 is 0 Å². The molecular weight excluding hydrogens is 236 g/mol. The van der Waals surface area contributed by atoms with Crippen LogP contribution in [0, 0.1) is 18.3 Å². The third-order valence-corrected chi connectivity index (χ3v) is 2.78. The molecule has 5 nitrogen and oxygen atoms in total. The van der Waals surface area contributed by atoms with Crippen LogP contribution in [0.4, 0.5) is 5.13 Å². The molecule has 0 radical (unpaired) electrons. The van der Waals surface area contributed by atoms with Crippen molar-refractivity contribution in [1.82, 2.24) is 10.2 Å². The maximum absolute atomic E-state index is 11.8. The number of benzene rings is 1. The van der Waals surface area contributed by atoms with Crippen molar-refractivity contribution >= 4 is 22.4 Å². The molecule has 1 aromatic carbocycles. The van der Waals surface area contributed by atoms with Crippen molar-refractivity contribution in [3.8, 4) is 6.07 Å². The Balaban J connectivity index is 2.12. The molecule has 0 saturated heterocycles. The first-order valence-corrected chi connectivity index (χ1v) is 5.62. The summed E-state index contributed by atoms with van der Waals surface area (Å²) in [5.74, 6) is -0.259. The van der Waals surface area contributed by atoms with Gasteiger partial charge >= 0.3 is 0 Å². The number of carbonyl (C=O) groups is 1. The van der Waals surface area contributed by atoms with Crippen LogP contribution in [0.25, 0.3) is 0 Å². The van der Waals surface area contributed by atoms with Crippen LogP contribution >= 0.6 is 11.3 Å². The number of nitriles is 1. The molecule has 0 aliphatic carbocycles. The van der Waals surface area contributed by atoms with Crippen LogP contribution in [-0.4, -0.2) is 16.1 Å². The molecule has 1 aromatic heterocycles. The van der Waals surface area contributed by atoms with Crippen molar-refractivity contribution in [1.29, 1.82) is 5.26 Å². The molecule has 0 bridgehead atoms. The lowest BCUT2D eigenvalue weighted by Gasteiger charge is -2.00. The standard InChI is InChI=1S/C11H8N4OS/c1-7-14-15-11(17-7)13-10(16)9-4-2-8(6-12)3-5-9/h2-5H,1H3,(H,13,15,16). The molecule has 0 unspecified atom stereocenters. The summed E-state index contributed by atoms with van der Waals surface area (Å²) in [6, 6.07) is 8.39. The predicted molar refractivity (Wildman–Crippen MR) is 63.8 cm³/mol. The zero-order valence-corrected chi connectivity index (χ0v) is 9.78. The fourth-order valence-electron chi connectivity index (χ4n) is 1.21. The second-order valence-corrected chi connectivity index (χ2v) is 4.45. The van der Waals surface area contributed by atoms with Crippen molar-refractivity contribution in [3.63, 3.8) is 0 Å². The van der Waals surface area contributed by atoms with Crippen LogP contribution in [0.1, 0.15) is 20.9 Å². The average Bonchev–Trinajstić information content (AvgIpc) is 2.75. The molecule has 6 heteroatoms. The van der Waals surface area contributed by atoms with Crippen molar-refractivity contribution in [2.75, 3.05) is 5.32 Å². The van der Waals surface area contributed by atoms with Gasteiger partial charge in [0, 0.05) is 5.56 Å². The van der Waals surface area contributed by atoms with E-state index in [2.05, 4.69) is 15.5 Å². The van der Waals surface area contributed by atoms with Crippen molar-refractivity contribution in [2.24, 2.45) is 0 Å². The van der Waals surface area contributed by atoms with Gasteiger partial charge in [0.15, 0.2) is 0 Å². The number of rotatable bonds is 2. The van der Waals surface area contributed by atoms with Gasteiger partial charge in [0.2, 0.25) is 5.13 Å². The number of amides is 1. The van der Waals surface area contributed by atoms with E-state index in [9.17, 15) is 4.79 Å². The van der Waals surface area contributed by atoms with E-state index in [1.54, 1.807) is 24.3 Å². The Kier molecular flexibility index (Phi) is 3.12. The van der Waals surface area contributed by atoms with E-state index < -0.39 is 0 Å². The highest BCUT2D eigenvalue weighted by molar-refractivity contribution is 7.15. The van der Waals surface area contributed by atoms with Crippen LogP contribution in [0.15, 0.2) is 24.3 Å². The minimum atomic E-state index is -0.259. The van der Waals surface area contributed by atoms with Gasteiger partial charge in [0.1, 0.15) is 5.01 Å². The second kappa shape index (κ2) is 4.72. The first kappa shape index (κ1) is 11.2. The summed E-state index contributed by atoms with van der Waals surface area (Å²) < 4.78 is 0. The SMILES string of the molecule is Cc1nnc(NC(=O)c2ccc(C#N)cc2)s1. The highest BCUT2D eigenvalue weighted by Crippen LogP contribution is 2.15. The van der Waals surface area contributed by atoms with Crippen molar-refractivity contribution < 1.29 is 4.79 Å². The Labute approximate surface area is 102 Å². The van der Waals surface area contributed by atoms with Gasteiger partial charge < -0.3 is 0 Å². The van der Waals surface area contributed by atoms with E-state index in [-0.39, 0.29) is 5.91 Å². The smallest absolute Gasteiger partial charge is 0.257 e. The van der Waals surface area contributed by atoms with Gasteiger partial charge in [-0.05, 0) is 31.2 Å². The van der Waals surface area contributed by atoms with Gasteiger partial charge in [-0.15, -0.1) is 10.2 Å². The molecule has 2 rings (SSSR count). The lowest BCUT2D eigenvalue weighted by atomic mass is 10.1. The van der Waals surface area contributed by atoms with Crippen LogP contribution in [0.5, 0.6) is 0 Å². The fraction of sp³-hybridized carbons (Fsp3) is 0.0909. The first-order valence-electron chi connectivity index (χ1n) is 4.80. The summed E-state index contributed by atoms with van der Waals surface area (Å²) in [6.07, 6.45) is 0. The molecule has 2 aromatic rings. The van der Waals surface area contributed by atoms with Gasteiger partial charge in [-0.3, -0.25) is 10.1 Å². The van der Waals surface area contributed by atoms with Crippen LogP contribution in [-0.2, 0) is 0 Å². The summed E-state index contributed by atoms with van der Waals surface area (Å²) in [5.41, 5.74) is 1.00. The van der Waals surface area contributed by atoms with Crippen molar-refractivity contribution in [2.45, 2.75) is 6.92 Å². The molecule has 0 atom stereocenters. The van der Waals surface area contributed by atoms with E-state index in [0.717, 1.165) is 5.01 Å². The third kappa shape index (κ3) is 2.65. The molecular formula is C11H8N4OS. The normalized spacial score (nSPS) is 9.65. The molecule has 1 heterocycles. The summed E-state index contributed by atoms with van der Waals surface area (Å²) in [4.78, 5) is 11.8. The number of hydrogen-bond acceptors (Lipinski definition) is 5. The number of aromatic nitrogens is 2. The average molecular weight is 244 g/mol. The minimum Gasteiger partial charge on any atom is -0.296 e. The Hall–Kier alpha value is -2.26. The Morgan fingerprint density at radius 3 is 2.59 bits per heavy atom. The maximum atomic E-state index is 11.8. The lowest BCUT2D eigenvalue weighted by molar-refractivity contribution is 0.102. The Bertz CT molecular complexity index is 582. The summed E-state index contributed by atoms with van der Waals surface area (Å²) in [5, 5.41) is 20.1. The highest BCUT2D eigenvalue weighted by Gasteiger charge is 2.08. The number of nitrogens with one attached hydrogen (secondary N) is 1. The van der Waals surface area contributed by atoms with Gasteiger partial charge in [-0.25, -0.2) is 0 Å². The molecule has 17 heavy (non-hydrogen) atoms. The second-order valence-electron chi connectivity index (χ2n) is 3.27. The van der Waals surface area contributed by atoms with E-state index in [1.165, 1.54) is 11.3 Å². The summed E-state index contributed by atoms with van der Waals surface area (Å²) in [7, 11) is 0. The molecule has 0 fully saturated rings. The summed E-state index contributed by atoms with van der Waals surface area (Å²) in [6.45, 7) is 1.81. The zero-order chi connectivity index (χ0) is 12.3. The topological polar surface area (TPSA) is 78.7 Å². The maximum Gasteiger partial charge on any atom is 0.257 e. The molecule has 0 saturated carbocycles. The number of nitrogens with zero attached hydrogens (tertiary/aromatic N) is 3. The van der Waals surface area contributed by atoms with Gasteiger partial charge in [0.05, 0.1) is 11.6 Å². The number of carbonyl (C=O) groups excluding carboxylic acids is 1. The fourth-order valence-corrected chi connectivity index (χ4v) is 1.80. The first-order chi connectivity index (χ1) is 8.19. The summed E-state index contributed by atoms with van der Waals surface area (Å²) >= 11 is 1.31. The quantitative estimate of drug-likeness (QED) is 0.875. The zero-order valence-electron chi connectivity index (χ0n) is 8.97. The number of hydrogen-bond donors (Lipinski definition) is 1. The lowest BCUT2D eigenvalue weighted by Crippen LogP contribution is -2.11. The van der Waals surface area contributed by atoms with Crippen LogP contribution in [0.2, 0.25) is 0 Å². The van der Waals surface area contributed by atoms with Crippen LogP contribution < -0.4 is 5.32 Å². The molecule has 0 aliphatic heterocycles. The van der Waals surface area contributed by atoms with E-state index in [4.69, 9.17) is 5.26 Å². The van der Waals surface area contributed by atoms with E-state index in [0.29, 0.717) is 16.3 Å². The largest absolute Gasteiger partial charge is 0.296 e. The predicted octanol–water partition coefficient (Wildman–Crippen LogP) is 1.97. The van der Waals surface area contributed by atoms with Gasteiger partial charge in [-0.1, -0.05) is 11.3 Å². The van der Waals surface area contributed by atoms with Gasteiger partial charge in [0.25, 0.3) is 5.91 Å². The molecule has 84 valence electrons.